The van der Waals surface area contributed by atoms with Crippen molar-refractivity contribution in [2.45, 2.75) is 59.2 Å². The van der Waals surface area contributed by atoms with Gasteiger partial charge in [-0.3, -0.25) is 0 Å². The van der Waals surface area contributed by atoms with Gasteiger partial charge in [0.25, 0.3) is 0 Å². The van der Waals surface area contributed by atoms with E-state index in [4.69, 9.17) is 4.74 Å². The first-order valence-corrected chi connectivity index (χ1v) is 7.66. The Labute approximate surface area is 128 Å². The zero-order chi connectivity index (χ0) is 15.7. The molecule has 118 valence electrons. The van der Waals surface area contributed by atoms with Crippen LogP contribution in [0.3, 0.4) is 0 Å². The van der Waals surface area contributed by atoms with Crippen LogP contribution in [-0.4, -0.2) is 18.2 Å². The molecule has 0 aromatic heterocycles. The largest absolute Gasteiger partial charge is 0.444 e. The number of carbonyl (C=O) groups excluding carboxylic acids is 1. The van der Waals surface area contributed by atoms with Crippen LogP contribution >= 0.6 is 0 Å². The van der Waals surface area contributed by atoms with E-state index in [1.165, 1.54) is 18.4 Å². The van der Waals surface area contributed by atoms with Gasteiger partial charge >= 0.3 is 6.09 Å². The summed E-state index contributed by atoms with van der Waals surface area (Å²) in [4.78, 5) is 11.6. The summed E-state index contributed by atoms with van der Waals surface area (Å²) in [6.07, 6.45) is 2.04. The lowest BCUT2D eigenvalue weighted by Gasteiger charge is -2.19. The lowest BCUT2D eigenvalue weighted by molar-refractivity contribution is 0.0523. The maximum absolute atomic E-state index is 11.6. The summed E-state index contributed by atoms with van der Waals surface area (Å²) in [6, 6.07) is 8.25. The monoisotopic (exact) mass is 292 g/mol. The van der Waals surface area contributed by atoms with Crippen LogP contribution in [0.15, 0.2) is 24.3 Å². The lowest BCUT2D eigenvalue weighted by atomic mass is 10.1. The third-order valence-electron chi connectivity index (χ3n) is 2.89. The van der Waals surface area contributed by atoms with Gasteiger partial charge < -0.3 is 15.4 Å². The van der Waals surface area contributed by atoms with E-state index in [0.717, 1.165) is 18.7 Å². The van der Waals surface area contributed by atoms with Crippen molar-refractivity contribution in [3.05, 3.63) is 35.4 Å². The highest BCUT2D eigenvalue weighted by Gasteiger charge is 2.15. The van der Waals surface area contributed by atoms with E-state index >= 15 is 0 Å². The smallest absolute Gasteiger partial charge is 0.407 e. The highest BCUT2D eigenvalue weighted by Crippen LogP contribution is 2.08. The number of unbranched alkanes of at least 4 members (excludes halogenated alkanes) is 1. The Morgan fingerprint density at radius 1 is 1.10 bits per heavy atom. The van der Waals surface area contributed by atoms with Crippen LogP contribution < -0.4 is 10.6 Å². The van der Waals surface area contributed by atoms with Gasteiger partial charge in [0, 0.05) is 13.1 Å². The molecular formula is C17H28N2O2. The topological polar surface area (TPSA) is 50.4 Å². The van der Waals surface area contributed by atoms with Crippen molar-refractivity contribution in [3.63, 3.8) is 0 Å². The fourth-order valence-electron chi connectivity index (χ4n) is 1.80. The Morgan fingerprint density at radius 3 is 2.19 bits per heavy atom. The summed E-state index contributed by atoms with van der Waals surface area (Å²) in [5.74, 6) is 0. The molecule has 0 radical (unpaired) electrons. The fourth-order valence-corrected chi connectivity index (χ4v) is 1.80. The van der Waals surface area contributed by atoms with Crippen molar-refractivity contribution in [2.24, 2.45) is 0 Å². The molecule has 0 aliphatic heterocycles. The van der Waals surface area contributed by atoms with Crippen molar-refractivity contribution >= 4 is 6.09 Å². The number of carbonyl (C=O) groups is 1. The molecule has 2 N–H and O–H groups in total. The predicted octanol–water partition coefficient (Wildman–Crippen LogP) is 3.60. The summed E-state index contributed by atoms with van der Waals surface area (Å²) in [5.41, 5.74) is 1.86. The van der Waals surface area contributed by atoms with Gasteiger partial charge in [-0.1, -0.05) is 37.6 Å². The molecule has 0 saturated heterocycles. The van der Waals surface area contributed by atoms with Crippen LogP contribution in [0.5, 0.6) is 0 Å². The van der Waals surface area contributed by atoms with E-state index in [0.29, 0.717) is 6.54 Å². The molecule has 1 aromatic rings. The summed E-state index contributed by atoms with van der Waals surface area (Å²) in [6.45, 7) is 10.2. The number of rotatable bonds is 7. The Kier molecular flexibility index (Phi) is 7.23. The van der Waals surface area contributed by atoms with E-state index in [1.54, 1.807) is 0 Å². The van der Waals surface area contributed by atoms with Gasteiger partial charge in [0.2, 0.25) is 0 Å². The molecule has 0 heterocycles. The lowest BCUT2D eigenvalue weighted by Crippen LogP contribution is -2.32. The highest BCUT2D eigenvalue weighted by atomic mass is 16.6. The molecule has 1 aromatic carbocycles. The van der Waals surface area contributed by atoms with Crippen molar-refractivity contribution in [2.75, 3.05) is 6.54 Å². The highest BCUT2D eigenvalue weighted by molar-refractivity contribution is 5.67. The number of hydrogen-bond acceptors (Lipinski definition) is 3. The fraction of sp³-hybridized carbons (Fsp3) is 0.588. The number of alkyl carbamates (subject to hydrolysis) is 1. The Bertz CT molecular complexity index is 421. The Hall–Kier alpha value is -1.55. The molecule has 1 amide bonds. The van der Waals surface area contributed by atoms with Gasteiger partial charge in [0.15, 0.2) is 0 Å². The molecular weight excluding hydrogens is 264 g/mol. The summed E-state index contributed by atoms with van der Waals surface area (Å²) < 4.78 is 5.20. The standard InChI is InChI=1S/C17H28N2O2/c1-5-6-11-18-12-14-7-9-15(10-8-14)13-19-16(20)21-17(2,3)4/h7-10,18H,5-6,11-13H2,1-4H3,(H,19,20). The van der Waals surface area contributed by atoms with Crippen LogP contribution in [0.2, 0.25) is 0 Å². The molecule has 0 bridgehead atoms. The second-order valence-corrected chi connectivity index (χ2v) is 6.20. The minimum Gasteiger partial charge on any atom is -0.444 e. The molecule has 0 saturated carbocycles. The average molecular weight is 292 g/mol. The maximum Gasteiger partial charge on any atom is 0.407 e. The number of hydrogen-bond donors (Lipinski definition) is 2. The van der Waals surface area contributed by atoms with E-state index in [2.05, 4.69) is 29.7 Å². The zero-order valence-electron chi connectivity index (χ0n) is 13.7. The molecule has 0 unspecified atom stereocenters. The average Bonchev–Trinajstić information content (AvgIpc) is 2.41. The summed E-state index contributed by atoms with van der Waals surface area (Å²) >= 11 is 0. The number of amides is 1. The van der Waals surface area contributed by atoms with E-state index in [1.807, 2.05) is 32.9 Å². The molecule has 0 atom stereocenters. The normalized spacial score (nSPS) is 11.2. The Balaban J connectivity index is 2.32. The second kappa shape index (κ2) is 8.67. The van der Waals surface area contributed by atoms with Crippen molar-refractivity contribution in [1.82, 2.24) is 10.6 Å². The van der Waals surface area contributed by atoms with Crippen LogP contribution in [-0.2, 0) is 17.8 Å². The van der Waals surface area contributed by atoms with Crippen LogP contribution in [0.1, 0.15) is 51.7 Å². The van der Waals surface area contributed by atoms with E-state index in [9.17, 15) is 4.79 Å². The van der Waals surface area contributed by atoms with Crippen LogP contribution in [0.25, 0.3) is 0 Å². The molecule has 4 nitrogen and oxygen atoms in total. The van der Waals surface area contributed by atoms with Crippen molar-refractivity contribution in [3.8, 4) is 0 Å². The summed E-state index contributed by atoms with van der Waals surface area (Å²) in [5, 5.41) is 6.17. The van der Waals surface area contributed by atoms with Crippen molar-refractivity contribution < 1.29 is 9.53 Å². The van der Waals surface area contributed by atoms with Gasteiger partial charge in [0.1, 0.15) is 5.60 Å². The first-order chi connectivity index (χ1) is 9.90. The molecule has 0 fully saturated rings. The van der Waals surface area contributed by atoms with Crippen molar-refractivity contribution in [1.29, 1.82) is 0 Å². The van der Waals surface area contributed by atoms with E-state index in [-0.39, 0.29) is 6.09 Å². The molecule has 4 heteroatoms. The third kappa shape index (κ3) is 8.35. The molecule has 21 heavy (non-hydrogen) atoms. The zero-order valence-corrected chi connectivity index (χ0v) is 13.7. The summed E-state index contributed by atoms with van der Waals surface area (Å²) in [7, 11) is 0. The first-order valence-electron chi connectivity index (χ1n) is 7.66. The van der Waals surface area contributed by atoms with Gasteiger partial charge in [-0.05, 0) is 44.9 Å². The first kappa shape index (κ1) is 17.5. The maximum atomic E-state index is 11.6. The van der Waals surface area contributed by atoms with E-state index < -0.39 is 5.60 Å². The number of nitrogens with one attached hydrogen (secondary N) is 2. The quantitative estimate of drug-likeness (QED) is 0.755. The predicted molar refractivity (Wildman–Crippen MR) is 86.1 cm³/mol. The minimum absolute atomic E-state index is 0.382. The van der Waals surface area contributed by atoms with Gasteiger partial charge in [-0.15, -0.1) is 0 Å². The second-order valence-electron chi connectivity index (χ2n) is 6.20. The molecule has 0 aliphatic carbocycles. The van der Waals surface area contributed by atoms with Gasteiger partial charge in [-0.2, -0.15) is 0 Å². The third-order valence-corrected chi connectivity index (χ3v) is 2.89. The molecule has 0 spiro atoms. The van der Waals surface area contributed by atoms with Gasteiger partial charge in [0.05, 0.1) is 0 Å². The number of benzene rings is 1. The molecule has 0 aliphatic rings. The van der Waals surface area contributed by atoms with Crippen LogP contribution in [0.4, 0.5) is 4.79 Å². The SMILES string of the molecule is CCCCNCc1ccc(CNC(=O)OC(C)(C)C)cc1. The number of ether oxygens (including phenoxy) is 1. The Morgan fingerprint density at radius 2 is 1.67 bits per heavy atom. The minimum atomic E-state index is -0.460. The van der Waals surface area contributed by atoms with Gasteiger partial charge in [-0.25, -0.2) is 4.79 Å². The molecule has 1 rings (SSSR count). The van der Waals surface area contributed by atoms with Crippen LogP contribution in [0, 0.1) is 0 Å².